The molecule has 0 saturated carbocycles. The van der Waals surface area contributed by atoms with Crippen molar-refractivity contribution in [3.05, 3.63) is 124 Å². The maximum atomic E-state index is 12.1. The molecule has 3 heterocycles. The highest BCUT2D eigenvalue weighted by Gasteiger charge is 2.42. The van der Waals surface area contributed by atoms with E-state index < -0.39 is 23.9 Å². The van der Waals surface area contributed by atoms with Gasteiger partial charge in [0.25, 0.3) is 5.56 Å². The smallest absolute Gasteiger partial charge is 0.293 e. The quantitative estimate of drug-likeness (QED) is 0.265. The number of hydrogen-bond donors (Lipinski definition) is 2. The van der Waals surface area contributed by atoms with E-state index >= 15 is 0 Å². The molecule has 0 aliphatic carbocycles. The molecule has 0 spiro atoms. The lowest BCUT2D eigenvalue weighted by molar-refractivity contribution is -0.0839. The number of aliphatic hydroxyl groups excluding tert-OH is 1. The number of nitrogens with zero attached hydrogens (tertiary/aromatic N) is 3. The predicted octanol–water partition coefficient (Wildman–Crippen LogP) is 3.63. The van der Waals surface area contributed by atoms with Gasteiger partial charge in [-0.05, 0) is 41.0 Å². The lowest BCUT2D eigenvalue weighted by atomic mass is 9.80. The summed E-state index contributed by atoms with van der Waals surface area (Å²) in [5.74, 6) is 1.90. The fourth-order valence-corrected chi connectivity index (χ4v) is 5.40. The van der Waals surface area contributed by atoms with Gasteiger partial charge in [0, 0.05) is 18.8 Å². The zero-order valence-electron chi connectivity index (χ0n) is 22.6. The summed E-state index contributed by atoms with van der Waals surface area (Å²) in [6.45, 7) is 0.0714. The van der Waals surface area contributed by atoms with Gasteiger partial charge < -0.3 is 29.0 Å². The number of aromatic amines is 1. The molecule has 3 atom stereocenters. The number of H-pyrrole nitrogens is 1. The Morgan fingerprint density at radius 1 is 0.927 bits per heavy atom. The van der Waals surface area contributed by atoms with E-state index in [0.29, 0.717) is 5.82 Å². The van der Waals surface area contributed by atoms with Gasteiger partial charge in [0.2, 0.25) is 5.65 Å². The minimum atomic E-state index is -1.05. The van der Waals surface area contributed by atoms with Crippen LogP contribution in [0.4, 0.5) is 0 Å². The topological polar surface area (TPSA) is 120 Å². The number of ether oxygens (including phenoxy) is 4. The number of aliphatic hydroxyl groups is 1. The molecule has 3 aromatic carbocycles. The number of fused-ring (bicyclic) bond motifs is 1. The molecular weight excluding hydrogens is 524 g/mol. The van der Waals surface area contributed by atoms with Crippen molar-refractivity contribution in [2.75, 3.05) is 20.8 Å². The van der Waals surface area contributed by atoms with Crippen molar-refractivity contribution in [3.63, 3.8) is 0 Å². The summed E-state index contributed by atoms with van der Waals surface area (Å²) in [5, 5.41) is 19.3. The summed E-state index contributed by atoms with van der Waals surface area (Å²) in [5.41, 5.74) is 1.43. The van der Waals surface area contributed by atoms with Crippen LogP contribution in [0.15, 0.2) is 96.1 Å². The second-order valence-corrected chi connectivity index (χ2v) is 9.82. The van der Waals surface area contributed by atoms with Crippen LogP contribution in [0.5, 0.6) is 11.5 Å². The van der Waals surface area contributed by atoms with Gasteiger partial charge in [0.05, 0.1) is 26.9 Å². The lowest BCUT2D eigenvalue weighted by Gasteiger charge is -2.37. The van der Waals surface area contributed by atoms with Gasteiger partial charge in [-0.25, -0.2) is 0 Å². The van der Waals surface area contributed by atoms with E-state index in [2.05, 4.69) is 15.2 Å². The van der Waals surface area contributed by atoms with Crippen LogP contribution in [0.3, 0.4) is 0 Å². The lowest BCUT2D eigenvalue weighted by Crippen LogP contribution is -2.38. The van der Waals surface area contributed by atoms with Crippen LogP contribution in [-0.4, -0.2) is 57.7 Å². The molecule has 0 radical (unpaired) electrons. The number of benzene rings is 3. The first-order valence-electron chi connectivity index (χ1n) is 13.3. The van der Waals surface area contributed by atoms with E-state index in [9.17, 15) is 9.90 Å². The minimum Gasteiger partial charge on any atom is -0.497 e. The maximum Gasteiger partial charge on any atom is 0.293 e. The van der Waals surface area contributed by atoms with Crippen LogP contribution in [0.2, 0.25) is 0 Å². The largest absolute Gasteiger partial charge is 0.497 e. The SMILES string of the molecule is COc1ccc(C(OC[C@H]2O[C@@H](c3nnc4c(=O)[nH]ccn34)C[C@H]2O)(c2ccccc2)c2ccc(OC)cc2)cc1. The minimum absolute atomic E-state index is 0.0714. The van der Waals surface area contributed by atoms with Crippen LogP contribution in [0.1, 0.15) is 35.0 Å². The standard InChI is InChI=1S/C31H30N4O6/c1-38-23-12-8-21(9-13-23)31(20-6-4-3-5-7-20,22-10-14-24(39-2)15-11-22)40-19-27-25(36)18-26(41-27)28-33-34-29-30(37)32-16-17-35(28)29/h3-17,25-27,36H,18-19H2,1-2H3,(H,32,37)/t25-,26-,27-/m1/s1. The summed E-state index contributed by atoms with van der Waals surface area (Å²) >= 11 is 0. The predicted molar refractivity (Wildman–Crippen MR) is 150 cm³/mol. The third kappa shape index (κ3) is 4.86. The number of rotatable bonds is 9. The monoisotopic (exact) mass is 554 g/mol. The zero-order chi connectivity index (χ0) is 28.4. The van der Waals surface area contributed by atoms with Crippen LogP contribution in [0, 0.1) is 0 Å². The van der Waals surface area contributed by atoms with E-state index in [4.69, 9.17) is 18.9 Å². The van der Waals surface area contributed by atoms with Gasteiger partial charge in [0.15, 0.2) is 5.82 Å². The first kappa shape index (κ1) is 26.7. The molecule has 2 N–H and O–H groups in total. The molecule has 1 aliphatic heterocycles. The van der Waals surface area contributed by atoms with E-state index in [-0.39, 0.29) is 24.2 Å². The first-order valence-corrected chi connectivity index (χ1v) is 13.3. The molecule has 5 aromatic rings. The Hall–Kier alpha value is -4.51. The maximum absolute atomic E-state index is 12.1. The molecule has 210 valence electrons. The molecule has 0 bridgehead atoms. The Morgan fingerprint density at radius 3 is 2.15 bits per heavy atom. The number of hydrogen-bond acceptors (Lipinski definition) is 8. The fourth-order valence-electron chi connectivity index (χ4n) is 5.40. The second-order valence-electron chi connectivity index (χ2n) is 9.82. The van der Waals surface area contributed by atoms with Crippen molar-refractivity contribution in [3.8, 4) is 11.5 Å². The second kappa shape index (κ2) is 11.2. The average molecular weight is 555 g/mol. The Kier molecular flexibility index (Phi) is 7.27. The van der Waals surface area contributed by atoms with Crippen LogP contribution < -0.4 is 15.0 Å². The van der Waals surface area contributed by atoms with Gasteiger partial charge in [-0.15, -0.1) is 10.2 Å². The van der Waals surface area contributed by atoms with Crippen molar-refractivity contribution in [2.45, 2.75) is 30.3 Å². The Morgan fingerprint density at radius 2 is 1.54 bits per heavy atom. The molecule has 6 rings (SSSR count). The summed E-state index contributed by atoms with van der Waals surface area (Å²) in [4.78, 5) is 14.7. The van der Waals surface area contributed by atoms with Crippen molar-refractivity contribution in [2.24, 2.45) is 0 Å². The van der Waals surface area contributed by atoms with Crippen molar-refractivity contribution in [1.29, 1.82) is 0 Å². The van der Waals surface area contributed by atoms with E-state index in [1.54, 1.807) is 24.8 Å². The Labute approximate surface area is 236 Å². The summed E-state index contributed by atoms with van der Waals surface area (Å²) in [6.07, 6.45) is 1.42. The molecule has 1 saturated heterocycles. The molecule has 1 aliphatic rings. The average Bonchev–Trinajstić information content (AvgIpc) is 3.62. The van der Waals surface area contributed by atoms with E-state index in [1.165, 1.54) is 6.20 Å². The molecule has 41 heavy (non-hydrogen) atoms. The van der Waals surface area contributed by atoms with Crippen molar-refractivity contribution >= 4 is 5.65 Å². The molecule has 10 heteroatoms. The molecule has 10 nitrogen and oxygen atoms in total. The van der Waals surface area contributed by atoms with Crippen LogP contribution in [0.25, 0.3) is 5.65 Å². The van der Waals surface area contributed by atoms with Gasteiger partial charge in [0.1, 0.15) is 29.3 Å². The number of aromatic nitrogens is 4. The van der Waals surface area contributed by atoms with E-state index in [0.717, 1.165) is 28.2 Å². The molecular formula is C31H30N4O6. The molecule has 2 aromatic heterocycles. The van der Waals surface area contributed by atoms with Gasteiger partial charge >= 0.3 is 0 Å². The Balaban J connectivity index is 1.37. The number of nitrogens with one attached hydrogen (secondary N) is 1. The van der Waals surface area contributed by atoms with E-state index in [1.807, 2.05) is 78.9 Å². The van der Waals surface area contributed by atoms with Gasteiger partial charge in [-0.3, -0.25) is 9.20 Å². The van der Waals surface area contributed by atoms with Crippen molar-refractivity contribution in [1.82, 2.24) is 19.6 Å². The highest BCUT2D eigenvalue weighted by molar-refractivity contribution is 5.49. The summed E-state index contributed by atoms with van der Waals surface area (Å²) < 4.78 is 25.6. The molecule has 0 amide bonds. The van der Waals surface area contributed by atoms with Gasteiger partial charge in [-0.2, -0.15) is 0 Å². The number of methoxy groups -OCH3 is 2. The highest BCUT2D eigenvalue weighted by Crippen LogP contribution is 2.43. The Bertz CT molecular complexity index is 1620. The fraction of sp³-hybridized carbons (Fsp3) is 0.258. The zero-order valence-corrected chi connectivity index (χ0v) is 22.6. The van der Waals surface area contributed by atoms with Crippen LogP contribution in [-0.2, 0) is 15.1 Å². The van der Waals surface area contributed by atoms with Crippen LogP contribution >= 0.6 is 0 Å². The molecule has 0 unspecified atom stereocenters. The van der Waals surface area contributed by atoms with Crippen molar-refractivity contribution < 1.29 is 24.1 Å². The van der Waals surface area contributed by atoms with Gasteiger partial charge in [-0.1, -0.05) is 54.6 Å². The third-order valence-corrected chi connectivity index (χ3v) is 7.51. The third-order valence-electron chi connectivity index (χ3n) is 7.51. The first-order chi connectivity index (χ1) is 20.0. The summed E-state index contributed by atoms with van der Waals surface area (Å²) in [6, 6.07) is 25.4. The molecule has 1 fully saturated rings. The summed E-state index contributed by atoms with van der Waals surface area (Å²) in [7, 11) is 3.26. The normalized spacial score (nSPS) is 19.0. The highest BCUT2D eigenvalue weighted by atomic mass is 16.6.